The Morgan fingerprint density at radius 2 is 0.731 bits per heavy atom. The summed E-state index contributed by atoms with van der Waals surface area (Å²) in [6.07, 6.45) is 7.37. The second-order valence-corrected chi connectivity index (χ2v) is 13.9. The van der Waals surface area contributed by atoms with Gasteiger partial charge in [0.15, 0.2) is 0 Å². The molecule has 10 heteroatoms. The monoisotopic (exact) mass is 702 g/mol. The molecular weight excluding hydrogens is 660 g/mol. The minimum Gasteiger partial charge on any atom is -0.489 e. The first-order chi connectivity index (χ1) is 25.5. The molecular formula is C42H42N2O8. The second-order valence-electron chi connectivity index (χ2n) is 13.9. The van der Waals surface area contributed by atoms with E-state index in [4.69, 9.17) is 28.4 Å². The lowest BCUT2D eigenvalue weighted by Gasteiger charge is -2.44. The number of carbonyl (C=O) groups excluding carboxylic acids is 2. The molecule has 4 aromatic carbocycles. The Morgan fingerprint density at radius 3 is 1.02 bits per heavy atom. The van der Waals surface area contributed by atoms with Crippen LogP contribution in [0.1, 0.15) is 25.7 Å². The fourth-order valence-electron chi connectivity index (χ4n) is 7.47. The zero-order valence-electron chi connectivity index (χ0n) is 28.9. The van der Waals surface area contributed by atoms with Crippen molar-refractivity contribution in [2.75, 3.05) is 39.3 Å². The number of hydrogen-bond acceptors (Lipinski definition) is 10. The maximum atomic E-state index is 12.3. The van der Waals surface area contributed by atoms with Gasteiger partial charge in [-0.2, -0.15) is 0 Å². The van der Waals surface area contributed by atoms with Gasteiger partial charge in [-0.05, 0) is 161 Å². The van der Waals surface area contributed by atoms with Crippen molar-refractivity contribution in [1.82, 2.24) is 9.80 Å². The highest BCUT2D eigenvalue weighted by Gasteiger charge is 2.36. The van der Waals surface area contributed by atoms with Gasteiger partial charge in [0.1, 0.15) is 58.2 Å². The van der Waals surface area contributed by atoms with Crippen LogP contribution in [0.25, 0.3) is 0 Å². The normalized spacial score (nSPS) is 24.6. The topological polar surface area (TPSA) is 96.0 Å². The molecule has 4 bridgehead atoms. The Balaban J connectivity index is 0.752. The molecule has 6 aliphatic heterocycles. The van der Waals surface area contributed by atoms with Crippen molar-refractivity contribution in [1.29, 1.82) is 0 Å². The smallest absolute Gasteiger partial charge is 0.336 e. The highest BCUT2D eigenvalue weighted by Crippen LogP contribution is 2.34. The number of fused-ring (bicyclic) bond motifs is 6. The van der Waals surface area contributed by atoms with E-state index in [2.05, 4.69) is 9.80 Å². The van der Waals surface area contributed by atoms with Crippen molar-refractivity contribution in [3.05, 3.63) is 109 Å². The van der Waals surface area contributed by atoms with Crippen LogP contribution in [0.5, 0.6) is 46.0 Å². The standard InChI is InChI=1S/C42H42N2O8/c45-41(51-37-13-5-33(6-14-37)47-31-1-9-35(10-2-31)49-39-27-43-23-19-29(39)20-24-43)17-18-42(46)52-38-15-7-34(8-16-38)48-32-3-11-36(12-4-32)50-40-28-44-25-21-30(40)22-26-44/h1-18,29-30,39-40H,19-28H2/b18-17+/t39-,40-/m0/s1. The van der Waals surface area contributed by atoms with E-state index in [0.29, 0.717) is 46.3 Å². The van der Waals surface area contributed by atoms with Crippen LogP contribution < -0.4 is 28.4 Å². The molecule has 0 spiro atoms. The van der Waals surface area contributed by atoms with Crippen molar-refractivity contribution in [2.45, 2.75) is 37.9 Å². The van der Waals surface area contributed by atoms with E-state index in [1.54, 1.807) is 48.5 Å². The number of esters is 2. The number of piperidine rings is 6. The van der Waals surface area contributed by atoms with E-state index < -0.39 is 11.9 Å². The number of nitrogens with zero attached hydrogens (tertiary/aromatic N) is 2. The molecule has 6 aliphatic rings. The number of carbonyl (C=O) groups is 2. The Bertz CT molecular complexity index is 1710. The van der Waals surface area contributed by atoms with Crippen LogP contribution in [-0.2, 0) is 9.59 Å². The summed E-state index contributed by atoms with van der Waals surface area (Å²) >= 11 is 0. The first kappa shape index (κ1) is 33.8. The predicted octanol–water partition coefficient (Wildman–Crippen LogP) is 7.28. The summed E-state index contributed by atoms with van der Waals surface area (Å²) in [5.74, 6) is 4.67. The van der Waals surface area contributed by atoms with E-state index in [1.807, 2.05) is 48.5 Å². The molecule has 6 saturated heterocycles. The van der Waals surface area contributed by atoms with E-state index >= 15 is 0 Å². The van der Waals surface area contributed by atoms with E-state index in [0.717, 1.165) is 36.7 Å². The average Bonchev–Trinajstić information content (AvgIpc) is 3.18. The Hall–Kier alpha value is -5.32. The predicted molar refractivity (Wildman–Crippen MR) is 193 cm³/mol. The van der Waals surface area contributed by atoms with Crippen LogP contribution in [-0.4, -0.2) is 73.2 Å². The third-order valence-corrected chi connectivity index (χ3v) is 10.3. The lowest BCUT2D eigenvalue weighted by atomic mass is 9.86. The molecule has 10 rings (SSSR count). The third kappa shape index (κ3) is 8.58. The maximum absolute atomic E-state index is 12.3. The fourth-order valence-corrected chi connectivity index (χ4v) is 7.47. The van der Waals surface area contributed by atoms with E-state index in [9.17, 15) is 9.59 Å². The molecule has 0 unspecified atom stereocenters. The third-order valence-electron chi connectivity index (χ3n) is 10.3. The van der Waals surface area contributed by atoms with Crippen LogP contribution in [0.3, 0.4) is 0 Å². The van der Waals surface area contributed by atoms with Gasteiger partial charge < -0.3 is 28.4 Å². The number of rotatable bonds is 12. The van der Waals surface area contributed by atoms with Crippen LogP contribution in [0.2, 0.25) is 0 Å². The van der Waals surface area contributed by atoms with Gasteiger partial charge in [-0.1, -0.05) is 0 Å². The minimum atomic E-state index is -0.715. The molecule has 0 aliphatic carbocycles. The molecule has 52 heavy (non-hydrogen) atoms. The number of benzene rings is 4. The Labute approximate surface area is 303 Å². The highest BCUT2D eigenvalue weighted by atomic mass is 16.5. The molecule has 0 saturated carbocycles. The first-order valence-corrected chi connectivity index (χ1v) is 18.1. The largest absolute Gasteiger partial charge is 0.489 e. The molecule has 4 aromatic rings. The summed E-state index contributed by atoms with van der Waals surface area (Å²) in [5.41, 5.74) is 0. The zero-order chi connectivity index (χ0) is 35.3. The molecule has 268 valence electrons. The van der Waals surface area contributed by atoms with Crippen LogP contribution >= 0.6 is 0 Å². The van der Waals surface area contributed by atoms with Crippen LogP contribution in [0.15, 0.2) is 109 Å². The summed E-state index contributed by atoms with van der Waals surface area (Å²) in [5, 5.41) is 0. The minimum absolute atomic E-state index is 0.249. The van der Waals surface area contributed by atoms with Gasteiger partial charge >= 0.3 is 11.9 Å². The molecule has 0 amide bonds. The lowest BCUT2D eigenvalue weighted by molar-refractivity contribution is -0.131. The average molecular weight is 703 g/mol. The summed E-state index contributed by atoms with van der Waals surface area (Å²) < 4.78 is 35.1. The summed E-state index contributed by atoms with van der Waals surface area (Å²) in [6, 6.07) is 28.5. The highest BCUT2D eigenvalue weighted by molar-refractivity contribution is 5.93. The van der Waals surface area contributed by atoms with Crippen molar-refractivity contribution < 1.29 is 38.0 Å². The van der Waals surface area contributed by atoms with Crippen LogP contribution in [0, 0.1) is 11.8 Å². The summed E-state index contributed by atoms with van der Waals surface area (Å²) in [4.78, 5) is 29.6. The zero-order valence-corrected chi connectivity index (χ0v) is 28.9. The molecule has 10 nitrogen and oxygen atoms in total. The molecule has 0 aromatic heterocycles. The SMILES string of the molecule is O=C(/C=C/C(=O)Oc1ccc(Oc2ccc(O[C@H]3CN4CCC3CC4)cc2)cc1)Oc1ccc(Oc2ccc(O[C@H]3CN4CCC3CC4)cc2)cc1. The molecule has 2 atom stereocenters. The second kappa shape index (κ2) is 15.5. The fraction of sp³-hybridized carbons (Fsp3) is 0.333. The van der Waals surface area contributed by atoms with Gasteiger partial charge in [-0.15, -0.1) is 0 Å². The molecule has 0 radical (unpaired) electrons. The van der Waals surface area contributed by atoms with Gasteiger partial charge in [0, 0.05) is 25.2 Å². The quantitative estimate of drug-likeness (QED) is 0.0852. The van der Waals surface area contributed by atoms with Gasteiger partial charge in [-0.3, -0.25) is 9.80 Å². The molecule has 0 N–H and O–H groups in total. The maximum Gasteiger partial charge on any atom is 0.336 e. The van der Waals surface area contributed by atoms with Crippen molar-refractivity contribution in [3.63, 3.8) is 0 Å². The molecule has 6 heterocycles. The van der Waals surface area contributed by atoms with Gasteiger partial charge in [0.2, 0.25) is 0 Å². The van der Waals surface area contributed by atoms with E-state index in [1.165, 1.54) is 51.9 Å². The summed E-state index contributed by atoms with van der Waals surface area (Å²) in [7, 11) is 0. The van der Waals surface area contributed by atoms with Crippen molar-refractivity contribution in [3.8, 4) is 46.0 Å². The van der Waals surface area contributed by atoms with Gasteiger partial charge in [0.05, 0.1) is 0 Å². The van der Waals surface area contributed by atoms with Crippen LogP contribution in [0.4, 0.5) is 0 Å². The van der Waals surface area contributed by atoms with Crippen molar-refractivity contribution in [2.24, 2.45) is 11.8 Å². The number of hydrogen-bond donors (Lipinski definition) is 0. The van der Waals surface area contributed by atoms with Gasteiger partial charge in [-0.25, -0.2) is 9.59 Å². The first-order valence-electron chi connectivity index (χ1n) is 18.1. The van der Waals surface area contributed by atoms with E-state index in [-0.39, 0.29) is 12.2 Å². The molecule has 6 fully saturated rings. The summed E-state index contributed by atoms with van der Waals surface area (Å²) in [6.45, 7) is 6.72. The number of ether oxygens (including phenoxy) is 6. The lowest BCUT2D eigenvalue weighted by Crippen LogP contribution is -2.52. The Morgan fingerprint density at radius 1 is 0.442 bits per heavy atom. The Kier molecular flexibility index (Phi) is 10.1. The van der Waals surface area contributed by atoms with Gasteiger partial charge in [0.25, 0.3) is 0 Å². The van der Waals surface area contributed by atoms with Crippen molar-refractivity contribution >= 4 is 11.9 Å².